The standard InChI is InChI=1S/C16H18N4O2S/c1-9-4-5-13(6-10(9)2)20-8-12(7-14(20)21)15(22)17-16-19-18-11(3)23-16/h4-6,12H,7-8H2,1-3H3,(H,17,19,22)/t12-/m0/s1. The first-order valence-corrected chi connectivity index (χ1v) is 8.24. The SMILES string of the molecule is Cc1nnc(NC(=O)[C@H]2CC(=O)N(c3ccc(C)c(C)c3)C2)s1. The second-order valence-corrected chi connectivity index (χ2v) is 6.97. The smallest absolute Gasteiger partial charge is 0.231 e. The summed E-state index contributed by atoms with van der Waals surface area (Å²) >= 11 is 1.32. The van der Waals surface area contributed by atoms with Crippen molar-refractivity contribution in [2.24, 2.45) is 5.92 Å². The molecule has 23 heavy (non-hydrogen) atoms. The lowest BCUT2D eigenvalue weighted by Gasteiger charge is -2.17. The summed E-state index contributed by atoms with van der Waals surface area (Å²) in [6.45, 7) is 6.27. The van der Waals surface area contributed by atoms with Gasteiger partial charge in [-0.15, -0.1) is 10.2 Å². The van der Waals surface area contributed by atoms with Crippen LogP contribution in [0, 0.1) is 26.7 Å². The fourth-order valence-electron chi connectivity index (χ4n) is 2.58. The number of nitrogens with one attached hydrogen (secondary N) is 1. The number of aromatic nitrogens is 2. The molecule has 1 aromatic heterocycles. The lowest BCUT2D eigenvalue weighted by molar-refractivity contribution is -0.122. The van der Waals surface area contributed by atoms with Gasteiger partial charge in [0.05, 0.1) is 5.92 Å². The zero-order valence-electron chi connectivity index (χ0n) is 13.3. The number of carbonyl (C=O) groups is 2. The minimum Gasteiger partial charge on any atom is -0.312 e. The normalized spacial score (nSPS) is 17.6. The maximum absolute atomic E-state index is 12.3. The van der Waals surface area contributed by atoms with Gasteiger partial charge in [-0.1, -0.05) is 17.4 Å². The highest BCUT2D eigenvalue weighted by molar-refractivity contribution is 7.15. The number of anilines is 2. The molecule has 0 bridgehead atoms. The Morgan fingerprint density at radius 3 is 2.70 bits per heavy atom. The third-order valence-corrected chi connectivity index (χ3v) is 4.81. The largest absolute Gasteiger partial charge is 0.312 e. The molecule has 6 nitrogen and oxygen atoms in total. The number of amides is 2. The summed E-state index contributed by atoms with van der Waals surface area (Å²) in [6, 6.07) is 5.91. The third kappa shape index (κ3) is 3.24. The van der Waals surface area contributed by atoms with Crippen LogP contribution in [-0.4, -0.2) is 28.6 Å². The molecule has 1 saturated heterocycles. The molecule has 2 amide bonds. The van der Waals surface area contributed by atoms with E-state index in [1.807, 2.05) is 39.0 Å². The maximum Gasteiger partial charge on any atom is 0.231 e. The van der Waals surface area contributed by atoms with Crippen molar-refractivity contribution in [3.05, 3.63) is 34.3 Å². The van der Waals surface area contributed by atoms with Gasteiger partial charge >= 0.3 is 0 Å². The summed E-state index contributed by atoms with van der Waals surface area (Å²) in [6.07, 6.45) is 0.219. The topological polar surface area (TPSA) is 75.2 Å². The van der Waals surface area contributed by atoms with E-state index in [4.69, 9.17) is 0 Å². The highest BCUT2D eigenvalue weighted by Crippen LogP contribution is 2.27. The van der Waals surface area contributed by atoms with Crippen molar-refractivity contribution in [2.75, 3.05) is 16.8 Å². The number of hydrogen-bond donors (Lipinski definition) is 1. The first-order valence-electron chi connectivity index (χ1n) is 7.42. The van der Waals surface area contributed by atoms with Crippen LogP contribution in [0.2, 0.25) is 0 Å². The number of aryl methyl sites for hydroxylation is 3. The van der Waals surface area contributed by atoms with Crippen molar-refractivity contribution in [3.8, 4) is 0 Å². The molecule has 2 aromatic rings. The van der Waals surface area contributed by atoms with Crippen LogP contribution >= 0.6 is 11.3 Å². The van der Waals surface area contributed by atoms with E-state index in [0.717, 1.165) is 16.3 Å². The van der Waals surface area contributed by atoms with E-state index >= 15 is 0 Å². The molecule has 3 rings (SSSR count). The fourth-order valence-corrected chi connectivity index (χ4v) is 3.18. The summed E-state index contributed by atoms with van der Waals surface area (Å²) in [5.41, 5.74) is 3.16. The van der Waals surface area contributed by atoms with E-state index in [9.17, 15) is 9.59 Å². The van der Waals surface area contributed by atoms with Gasteiger partial charge in [0.1, 0.15) is 5.01 Å². The average molecular weight is 330 g/mol. The molecule has 0 unspecified atom stereocenters. The molecular weight excluding hydrogens is 312 g/mol. The van der Waals surface area contributed by atoms with Crippen LogP contribution in [0.4, 0.5) is 10.8 Å². The first-order chi connectivity index (χ1) is 10.9. The molecule has 1 aliphatic heterocycles. The lowest BCUT2D eigenvalue weighted by atomic mass is 10.1. The highest BCUT2D eigenvalue weighted by Gasteiger charge is 2.35. The van der Waals surface area contributed by atoms with Gasteiger partial charge in [0.2, 0.25) is 16.9 Å². The van der Waals surface area contributed by atoms with Gasteiger partial charge < -0.3 is 10.2 Å². The van der Waals surface area contributed by atoms with Gasteiger partial charge in [-0.25, -0.2) is 0 Å². The van der Waals surface area contributed by atoms with Crippen LogP contribution in [0.1, 0.15) is 22.6 Å². The molecule has 7 heteroatoms. The molecular formula is C16H18N4O2S. The molecule has 0 saturated carbocycles. The Morgan fingerprint density at radius 2 is 2.04 bits per heavy atom. The van der Waals surface area contributed by atoms with E-state index in [1.165, 1.54) is 16.9 Å². The Kier molecular flexibility index (Phi) is 4.12. The number of rotatable bonds is 3. The van der Waals surface area contributed by atoms with Crippen molar-refractivity contribution < 1.29 is 9.59 Å². The summed E-state index contributed by atoms with van der Waals surface area (Å²) in [7, 11) is 0. The van der Waals surface area contributed by atoms with Gasteiger partial charge in [-0.2, -0.15) is 0 Å². The van der Waals surface area contributed by atoms with Gasteiger partial charge in [-0.3, -0.25) is 9.59 Å². The van der Waals surface area contributed by atoms with Crippen LogP contribution in [0.25, 0.3) is 0 Å². The van der Waals surface area contributed by atoms with E-state index in [-0.39, 0.29) is 24.2 Å². The Hall–Kier alpha value is -2.28. The summed E-state index contributed by atoms with van der Waals surface area (Å²) < 4.78 is 0. The van der Waals surface area contributed by atoms with Crippen molar-refractivity contribution in [1.29, 1.82) is 0 Å². The lowest BCUT2D eigenvalue weighted by Crippen LogP contribution is -2.28. The molecule has 1 aliphatic rings. The van der Waals surface area contributed by atoms with Crippen LogP contribution in [0.15, 0.2) is 18.2 Å². The minimum absolute atomic E-state index is 0.0261. The molecule has 0 spiro atoms. The van der Waals surface area contributed by atoms with Crippen molar-refractivity contribution in [2.45, 2.75) is 27.2 Å². The Labute approximate surface area is 138 Å². The summed E-state index contributed by atoms with van der Waals surface area (Å²) in [5.74, 6) is -0.573. The molecule has 1 aromatic carbocycles. The van der Waals surface area contributed by atoms with Crippen LogP contribution < -0.4 is 10.2 Å². The zero-order valence-corrected chi connectivity index (χ0v) is 14.1. The maximum atomic E-state index is 12.3. The van der Waals surface area contributed by atoms with Crippen molar-refractivity contribution >= 4 is 34.0 Å². The van der Waals surface area contributed by atoms with Crippen molar-refractivity contribution in [3.63, 3.8) is 0 Å². The van der Waals surface area contributed by atoms with Crippen LogP contribution in [-0.2, 0) is 9.59 Å². The molecule has 2 heterocycles. The molecule has 1 N–H and O–H groups in total. The van der Waals surface area contributed by atoms with E-state index in [1.54, 1.807) is 4.90 Å². The second-order valence-electron chi connectivity index (χ2n) is 5.79. The quantitative estimate of drug-likeness (QED) is 0.938. The van der Waals surface area contributed by atoms with Gasteiger partial charge in [0, 0.05) is 18.7 Å². The predicted molar refractivity (Wildman–Crippen MR) is 89.7 cm³/mol. The molecule has 0 radical (unpaired) electrons. The number of benzene rings is 1. The fraction of sp³-hybridized carbons (Fsp3) is 0.375. The molecule has 0 aliphatic carbocycles. The predicted octanol–water partition coefficient (Wildman–Crippen LogP) is 2.45. The average Bonchev–Trinajstić information content (AvgIpc) is 3.08. The van der Waals surface area contributed by atoms with Crippen molar-refractivity contribution in [1.82, 2.24) is 10.2 Å². The number of carbonyl (C=O) groups excluding carboxylic acids is 2. The Bertz CT molecular complexity index is 771. The minimum atomic E-state index is -0.367. The van der Waals surface area contributed by atoms with E-state index in [2.05, 4.69) is 15.5 Å². The van der Waals surface area contributed by atoms with E-state index < -0.39 is 0 Å². The van der Waals surface area contributed by atoms with Gasteiger partial charge in [0.15, 0.2) is 0 Å². The van der Waals surface area contributed by atoms with Crippen LogP contribution in [0.5, 0.6) is 0 Å². The third-order valence-electron chi connectivity index (χ3n) is 4.05. The number of nitrogens with zero attached hydrogens (tertiary/aromatic N) is 3. The first kappa shape index (κ1) is 15.6. The molecule has 1 atom stereocenters. The molecule has 120 valence electrons. The second kappa shape index (κ2) is 6.08. The Morgan fingerprint density at radius 1 is 1.26 bits per heavy atom. The monoisotopic (exact) mass is 330 g/mol. The highest BCUT2D eigenvalue weighted by atomic mass is 32.1. The summed E-state index contributed by atoms with van der Waals surface area (Å²) in [4.78, 5) is 26.3. The van der Waals surface area contributed by atoms with Crippen LogP contribution in [0.3, 0.4) is 0 Å². The number of hydrogen-bond acceptors (Lipinski definition) is 5. The zero-order chi connectivity index (χ0) is 16.6. The van der Waals surface area contributed by atoms with E-state index in [0.29, 0.717) is 11.7 Å². The van der Waals surface area contributed by atoms with Gasteiger partial charge in [0.25, 0.3) is 0 Å². The Balaban J connectivity index is 1.71. The summed E-state index contributed by atoms with van der Waals surface area (Å²) in [5, 5.41) is 11.8. The molecule has 1 fully saturated rings. The van der Waals surface area contributed by atoms with Gasteiger partial charge in [-0.05, 0) is 44.0 Å².